The molecule has 0 aromatic heterocycles. The van der Waals surface area contributed by atoms with Crippen LogP contribution in [0.3, 0.4) is 0 Å². The number of hydrogen-bond donors (Lipinski definition) is 1. The van der Waals surface area contributed by atoms with Gasteiger partial charge >= 0.3 is 0 Å². The zero-order chi connectivity index (χ0) is 8.27. The molecule has 0 fully saturated rings. The molecule has 0 aromatic carbocycles. The molecule has 0 aliphatic carbocycles. The summed E-state index contributed by atoms with van der Waals surface area (Å²) >= 11 is 0. The van der Waals surface area contributed by atoms with Crippen LogP contribution in [0.2, 0.25) is 0 Å². The van der Waals surface area contributed by atoms with Crippen molar-refractivity contribution in [3.63, 3.8) is 0 Å². The number of hydrazine groups is 1. The van der Waals surface area contributed by atoms with Crippen LogP contribution in [0.1, 0.15) is 13.8 Å². The van der Waals surface area contributed by atoms with E-state index in [2.05, 4.69) is 24.5 Å². The molecule has 0 aromatic rings. The highest BCUT2D eigenvalue weighted by molar-refractivity contribution is 5.34. The molecule has 1 aliphatic rings. The fourth-order valence-electron chi connectivity index (χ4n) is 1.19. The van der Waals surface area contributed by atoms with E-state index in [0.717, 1.165) is 0 Å². The van der Waals surface area contributed by atoms with Crippen molar-refractivity contribution in [2.24, 2.45) is 0 Å². The van der Waals surface area contributed by atoms with Crippen LogP contribution in [0.5, 0.6) is 0 Å². The average Bonchev–Trinajstić information content (AvgIpc) is 2.04. The van der Waals surface area contributed by atoms with E-state index < -0.39 is 0 Å². The van der Waals surface area contributed by atoms with E-state index >= 15 is 0 Å². The van der Waals surface area contributed by atoms with E-state index in [4.69, 9.17) is 0 Å². The number of hydrogen-bond acceptors (Lipinski definition) is 2. The van der Waals surface area contributed by atoms with Crippen molar-refractivity contribution >= 4 is 0 Å². The summed E-state index contributed by atoms with van der Waals surface area (Å²) < 4.78 is 0. The standard InChI is InChI=1S/C9H14N2/c1-4-9-8(2)6-5-7-11(9)10-3/h4-7,10H,1-3H3/b9-4-. The first-order valence-corrected chi connectivity index (χ1v) is 3.78. The molecule has 2 heteroatoms. The molecule has 0 unspecified atom stereocenters. The Balaban J connectivity index is 2.88. The normalized spacial score (nSPS) is 20.8. The second-order valence-electron chi connectivity index (χ2n) is 2.46. The van der Waals surface area contributed by atoms with E-state index in [9.17, 15) is 0 Å². The maximum atomic E-state index is 3.07. The molecule has 0 bridgehead atoms. The minimum absolute atomic E-state index is 1.22. The number of allylic oxidation sites excluding steroid dienone is 4. The third kappa shape index (κ3) is 1.52. The van der Waals surface area contributed by atoms with E-state index in [1.807, 2.05) is 31.3 Å². The predicted molar refractivity (Wildman–Crippen MR) is 47.6 cm³/mol. The lowest BCUT2D eigenvalue weighted by atomic mass is 10.1. The highest BCUT2D eigenvalue weighted by Crippen LogP contribution is 2.16. The molecule has 0 radical (unpaired) electrons. The Kier molecular flexibility index (Phi) is 2.49. The van der Waals surface area contributed by atoms with Crippen molar-refractivity contribution in [2.45, 2.75) is 13.8 Å². The maximum absolute atomic E-state index is 3.07. The Morgan fingerprint density at radius 1 is 1.55 bits per heavy atom. The molecule has 1 aliphatic heterocycles. The fourth-order valence-corrected chi connectivity index (χ4v) is 1.19. The SMILES string of the molecule is C/C=C1/C(C)=CC=CN1NC. The first-order valence-electron chi connectivity index (χ1n) is 3.78. The molecular formula is C9H14N2. The Hall–Kier alpha value is -1.02. The van der Waals surface area contributed by atoms with Gasteiger partial charge in [-0.1, -0.05) is 12.2 Å². The predicted octanol–water partition coefficient (Wildman–Crippen LogP) is 1.80. The molecule has 1 N–H and O–H groups in total. The third-order valence-electron chi connectivity index (χ3n) is 1.76. The van der Waals surface area contributed by atoms with Crippen molar-refractivity contribution in [1.29, 1.82) is 0 Å². The zero-order valence-corrected chi connectivity index (χ0v) is 7.26. The van der Waals surface area contributed by atoms with Crippen molar-refractivity contribution < 1.29 is 0 Å². The molecule has 0 saturated carbocycles. The number of nitrogens with zero attached hydrogens (tertiary/aromatic N) is 1. The summed E-state index contributed by atoms with van der Waals surface area (Å²) in [5, 5.41) is 2.00. The van der Waals surface area contributed by atoms with Crippen LogP contribution in [0.4, 0.5) is 0 Å². The van der Waals surface area contributed by atoms with Gasteiger partial charge in [0.15, 0.2) is 0 Å². The first-order chi connectivity index (χ1) is 5.29. The lowest BCUT2D eigenvalue weighted by molar-refractivity contribution is 0.377. The van der Waals surface area contributed by atoms with Gasteiger partial charge in [-0.15, -0.1) is 0 Å². The smallest absolute Gasteiger partial charge is 0.0557 e. The van der Waals surface area contributed by atoms with Crippen LogP contribution in [-0.2, 0) is 0 Å². The van der Waals surface area contributed by atoms with Gasteiger partial charge in [-0.05, 0) is 25.5 Å². The minimum atomic E-state index is 1.22. The molecule has 60 valence electrons. The van der Waals surface area contributed by atoms with Gasteiger partial charge in [0.1, 0.15) is 0 Å². The lowest BCUT2D eigenvalue weighted by Gasteiger charge is -2.25. The monoisotopic (exact) mass is 150 g/mol. The quantitative estimate of drug-likeness (QED) is 0.613. The van der Waals surface area contributed by atoms with Crippen molar-refractivity contribution in [3.05, 3.63) is 35.7 Å². The Labute approximate surface area is 67.9 Å². The number of rotatable bonds is 1. The zero-order valence-electron chi connectivity index (χ0n) is 7.26. The molecule has 2 nitrogen and oxygen atoms in total. The summed E-state index contributed by atoms with van der Waals surface area (Å²) in [7, 11) is 1.91. The van der Waals surface area contributed by atoms with Crippen LogP contribution < -0.4 is 5.43 Å². The second-order valence-corrected chi connectivity index (χ2v) is 2.46. The van der Waals surface area contributed by atoms with Gasteiger partial charge in [0.05, 0.1) is 5.70 Å². The van der Waals surface area contributed by atoms with Crippen LogP contribution in [-0.4, -0.2) is 12.1 Å². The average molecular weight is 150 g/mol. The molecule has 1 heterocycles. The molecule has 0 atom stereocenters. The topological polar surface area (TPSA) is 15.3 Å². The van der Waals surface area contributed by atoms with Gasteiger partial charge in [-0.25, -0.2) is 5.43 Å². The largest absolute Gasteiger partial charge is 0.285 e. The van der Waals surface area contributed by atoms with E-state index in [1.54, 1.807) is 0 Å². The van der Waals surface area contributed by atoms with Gasteiger partial charge in [-0.2, -0.15) is 0 Å². The Bertz CT molecular complexity index is 224. The molecule has 0 amide bonds. The molecular weight excluding hydrogens is 136 g/mol. The van der Waals surface area contributed by atoms with E-state index in [0.29, 0.717) is 0 Å². The second kappa shape index (κ2) is 3.39. The van der Waals surface area contributed by atoms with Crippen LogP contribution in [0.15, 0.2) is 35.7 Å². The Morgan fingerprint density at radius 3 is 2.73 bits per heavy atom. The van der Waals surface area contributed by atoms with Crippen molar-refractivity contribution in [1.82, 2.24) is 10.4 Å². The molecule has 1 rings (SSSR count). The lowest BCUT2D eigenvalue weighted by Crippen LogP contribution is -2.30. The third-order valence-corrected chi connectivity index (χ3v) is 1.76. The highest BCUT2D eigenvalue weighted by atomic mass is 15.5. The molecule has 11 heavy (non-hydrogen) atoms. The van der Waals surface area contributed by atoms with Crippen LogP contribution in [0, 0.1) is 0 Å². The maximum Gasteiger partial charge on any atom is 0.0557 e. The van der Waals surface area contributed by atoms with Gasteiger partial charge in [0.2, 0.25) is 0 Å². The summed E-state index contributed by atoms with van der Waals surface area (Å²) in [6.45, 7) is 4.14. The minimum Gasteiger partial charge on any atom is -0.285 e. The van der Waals surface area contributed by atoms with Gasteiger partial charge < -0.3 is 0 Å². The van der Waals surface area contributed by atoms with E-state index in [-0.39, 0.29) is 0 Å². The Morgan fingerprint density at radius 2 is 2.27 bits per heavy atom. The van der Waals surface area contributed by atoms with Gasteiger partial charge in [-0.3, -0.25) is 5.01 Å². The fraction of sp³-hybridized carbons (Fsp3) is 0.333. The molecule has 0 spiro atoms. The molecule has 0 saturated heterocycles. The van der Waals surface area contributed by atoms with Crippen LogP contribution in [0.25, 0.3) is 0 Å². The summed E-state index contributed by atoms with van der Waals surface area (Å²) in [6.07, 6.45) is 8.22. The summed E-state index contributed by atoms with van der Waals surface area (Å²) in [6, 6.07) is 0. The van der Waals surface area contributed by atoms with Gasteiger partial charge in [0, 0.05) is 13.2 Å². The summed E-state index contributed by atoms with van der Waals surface area (Å²) in [5.41, 5.74) is 5.57. The first kappa shape index (κ1) is 8.08. The van der Waals surface area contributed by atoms with E-state index in [1.165, 1.54) is 11.3 Å². The van der Waals surface area contributed by atoms with Crippen LogP contribution >= 0.6 is 0 Å². The summed E-state index contributed by atoms with van der Waals surface area (Å²) in [5.74, 6) is 0. The van der Waals surface area contributed by atoms with Crippen molar-refractivity contribution in [2.75, 3.05) is 7.05 Å². The highest BCUT2D eigenvalue weighted by Gasteiger charge is 2.07. The summed E-state index contributed by atoms with van der Waals surface area (Å²) in [4.78, 5) is 0. The number of nitrogens with one attached hydrogen (secondary N) is 1. The van der Waals surface area contributed by atoms with Gasteiger partial charge in [0.25, 0.3) is 0 Å². The van der Waals surface area contributed by atoms with Crippen molar-refractivity contribution in [3.8, 4) is 0 Å².